The van der Waals surface area contributed by atoms with Gasteiger partial charge in [0.15, 0.2) is 0 Å². The minimum atomic E-state index is -3.56. The molecule has 0 spiro atoms. The largest absolute Gasteiger partial charge is 0.496 e. The molecule has 1 aliphatic rings. The van der Waals surface area contributed by atoms with E-state index in [0.29, 0.717) is 17.0 Å². The van der Waals surface area contributed by atoms with Gasteiger partial charge in [-0.05, 0) is 96.2 Å². The lowest BCUT2D eigenvalue weighted by molar-refractivity contribution is 0.344. The Hall–Kier alpha value is -2.23. The molecule has 0 unspecified atom stereocenters. The zero-order chi connectivity index (χ0) is 24.0. The molecular formula is C26H33N3O3S2. The lowest BCUT2D eigenvalue weighted by atomic mass is 10.00. The second kappa shape index (κ2) is 11.5. The third kappa shape index (κ3) is 6.25. The van der Waals surface area contributed by atoms with E-state index >= 15 is 0 Å². The van der Waals surface area contributed by atoms with Crippen LogP contribution in [0.15, 0.2) is 58.1 Å². The van der Waals surface area contributed by atoms with Crippen LogP contribution in [0, 0.1) is 6.92 Å². The monoisotopic (exact) mass is 499 g/mol. The van der Waals surface area contributed by atoms with E-state index in [1.54, 1.807) is 24.5 Å². The first-order valence-electron chi connectivity index (χ1n) is 11.7. The topological polar surface area (TPSA) is 70.7 Å². The van der Waals surface area contributed by atoms with Crippen molar-refractivity contribution >= 4 is 21.4 Å². The van der Waals surface area contributed by atoms with Crippen molar-refractivity contribution in [1.82, 2.24) is 14.9 Å². The Bertz CT molecular complexity index is 1190. The average Bonchev–Trinajstić information content (AvgIpc) is 3.53. The van der Waals surface area contributed by atoms with Crippen molar-refractivity contribution in [2.24, 2.45) is 0 Å². The van der Waals surface area contributed by atoms with Crippen molar-refractivity contribution in [2.45, 2.75) is 37.8 Å². The van der Waals surface area contributed by atoms with Gasteiger partial charge in [0.05, 0.1) is 12.0 Å². The number of nitrogens with zero attached hydrogens (tertiary/aromatic N) is 1. The summed E-state index contributed by atoms with van der Waals surface area (Å²) in [5, 5.41) is 7.70. The second-order valence-electron chi connectivity index (χ2n) is 8.70. The fourth-order valence-electron chi connectivity index (χ4n) is 4.38. The Balaban J connectivity index is 1.47. The standard InChI is InChI=1S/C26H33N3O3S2/c1-20-15-23(6-8-26(20)34(30,31)28-10-13-29-11-3-4-12-29)24-16-21(5-7-25(24)32-2)17-27-18-22-9-14-33-19-22/h5-9,14-16,19,27-28H,3-4,10-13,17-18H2,1-2H3. The van der Waals surface area contributed by atoms with E-state index in [0.717, 1.165) is 55.2 Å². The maximum atomic E-state index is 12.9. The molecule has 8 heteroatoms. The summed E-state index contributed by atoms with van der Waals surface area (Å²) in [6.07, 6.45) is 2.39. The highest BCUT2D eigenvalue weighted by Crippen LogP contribution is 2.33. The van der Waals surface area contributed by atoms with Crippen molar-refractivity contribution < 1.29 is 13.2 Å². The molecule has 0 amide bonds. The SMILES string of the molecule is COc1ccc(CNCc2ccsc2)cc1-c1ccc(S(=O)(=O)NCCN2CCCC2)c(C)c1. The van der Waals surface area contributed by atoms with Crippen LogP contribution in [0.3, 0.4) is 0 Å². The number of ether oxygens (including phenoxy) is 1. The quantitative estimate of drug-likeness (QED) is 0.409. The molecule has 0 aliphatic carbocycles. The van der Waals surface area contributed by atoms with E-state index in [1.165, 1.54) is 18.4 Å². The van der Waals surface area contributed by atoms with Gasteiger partial charge in [-0.3, -0.25) is 0 Å². The predicted molar refractivity (Wildman–Crippen MR) is 139 cm³/mol. The third-order valence-corrected chi connectivity index (χ3v) is 8.55. The normalized spacial score (nSPS) is 14.5. The summed E-state index contributed by atoms with van der Waals surface area (Å²) >= 11 is 1.70. The van der Waals surface area contributed by atoms with Crippen LogP contribution >= 0.6 is 11.3 Å². The molecule has 0 saturated carbocycles. The zero-order valence-corrected chi connectivity index (χ0v) is 21.5. The molecule has 6 nitrogen and oxygen atoms in total. The first-order chi connectivity index (χ1) is 16.5. The Morgan fingerprint density at radius 1 is 1.03 bits per heavy atom. The van der Waals surface area contributed by atoms with Crippen LogP contribution < -0.4 is 14.8 Å². The van der Waals surface area contributed by atoms with E-state index in [4.69, 9.17) is 4.74 Å². The smallest absolute Gasteiger partial charge is 0.240 e. The summed E-state index contributed by atoms with van der Waals surface area (Å²) < 4.78 is 34.2. The number of likely N-dealkylation sites (tertiary alicyclic amines) is 1. The molecule has 1 aromatic heterocycles. The summed E-state index contributed by atoms with van der Waals surface area (Å²) in [4.78, 5) is 2.62. The van der Waals surface area contributed by atoms with E-state index in [-0.39, 0.29) is 0 Å². The lowest BCUT2D eigenvalue weighted by Gasteiger charge is -2.16. The van der Waals surface area contributed by atoms with Gasteiger partial charge in [-0.15, -0.1) is 0 Å². The summed E-state index contributed by atoms with van der Waals surface area (Å²) in [6.45, 7) is 6.69. The fraction of sp³-hybridized carbons (Fsp3) is 0.385. The molecule has 4 rings (SSSR count). The van der Waals surface area contributed by atoms with Gasteiger partial charge in [0.2, 0.25) is 10.0 Å². The number of aryl methyl sites for hydroxylation is 1. The molecule has 1 aliphatic heterocycles. The number of benzene rings is 2. The van der Waals surface area contributed by atoms with E-state index in [9.17, 15) is 8.42 Å². The summed E-state index contributed by atoms with van der Waals surface area (Å²) in [5.41, 5.74) is 5.02. The highest BCUT2D eigenvalue weighted by atomic mass is 32.2. The van der Waals surface area contributed by atoms with Crippen molar-refractivity contribution in [3.63, 3.8) is 0 Å². The molecule has 182 valence electrons. The molecule has 2 heterocycles. The number of methoxy groups -OCH3 is 1. The van der Waals surface area contributed by atoms with Crippen molar-refractivity contribution in [3.8, 4) is 16.9 Å². The van der Waals surface area contributed by atoms with Crippen LogP contribution in [0.2, 0.25) is 0 Å². The number of nitrogens with one attached hydrogen (secondary N) is 2. The van der Waals surface area contributed by atoms with Gasteiger partial charge in [-0.25, -0.2) is 13.1 Å². The lowest BCUT2D eigenvalue weighted by Crippen LogP contribution is -2.33. The van der Waals surface area contributed by atoms with Gasteiger partial charge in [0, 0.05) is 31.7 Å². The fourth-order valence-corrected chi connectivity index (χ4v) is 6.29. The van der Waals surface area contributed by atoms with E-state index in [1.807, 2.05) is 25.1 Å². The van der Waals surface area contributed by atoms with Crippen molar-refractivity contribution in [1.29, 1.82) is 0 Å². The highest BCUT2D eigenvalue weighted by Gasteiger charge is 2.19. The Kier molecular flexibility index (Phi) is 8.39. The molecule has 1 fully saturated rings. The third-order valence-electron chi connectivity index (χ3n) is 6.20. The second-order valence-corrected chi connectivity index (χ2v) is 11.2. The Labute approximate surface area is 207 Å². The average molecular weight is 500 g/mol. The molecule has 1 saturated heterocycles. The maximum Gasteiger partial charge on any atom is 0.240 e. The van der Waals surface area contributed by atoms with Crippen molar-refractivity contribution in [3.05, 3.63) is 69.9 Å². The van der Waals surface area contributed by atoms with Gasteiger partial charge in [0.25, 0.3) is 0 Å². The molecule has 3 aromatic rings. The summed E-state index contributed by atoms with van der Waals surface area (Å²) in [7, 11) is -1.90. The number of hydrogen-bond acceptors (Lipinski definition) is 6. The van der Waals surface area contributed by atoms with Crippen LogP contribution in [0.5, 0.6) is 5.75 Å². The Morgan fingerprint density at radius 3 is 2.53 bits per heavy atom. The molecule has 2 N–H and O–H groups in total. The zero-order valence-electron chi connectivity index (χ0n) is 19.8. The molecule has 0 atom stereocenters. The minimum Gasteiger partial charge on any atom is -0.496 e. The molecule has 0 bridgehead atoms. The van der Waals surface area contributed by atoms with Gasteiger partial charge >= 0.3 is 0 Å². The van der Waals surface area contributed by atoms with Gasteiger partial charge < -0.3 is 15.0 Å². The van der Waals surface area contributed by atoms with Crippen LogP contribution in [0.1, 0.15) is 29.5 Å². The van der Waals surface area contributed by atoms with Crippen LogP contribution in [0.4, 0.5) is 0 Å². The number of thiophene rings is 1. The molecule has 2 aromatic carbocycles. The van der Waals surface area contributed by atoms with Gasteiger partial charge in [-0.2, -0.15) is 11.3 Å². The van der Waals surface area contributed by atoms with Gasteiger partial charge in [-0.1, -0.05) is 12.1 Å². The molecular weight excluding hydrogens is 466 g/mol. The van der Waals surface area contributed by atoms with Crippen LogP contribution in [-0.4, -0.2) is 46.6 Å². The van der Waals surface area contributed by atoms with Gasteiger partial charge in [0.1, 0.15) is 5.75 Å². The van der Waals surface area contributed by atoms with Crippen LogP contribution in [0.25, 0.3) is 11.1 Å². The first-order valence-corrected chi connectivity index (χ1v) is 14.1. The number of sulfonamides is 1. The van der Waals surface area contributed by atoms with Crippen molar-refractivity contribution in [2.75, 3.05) is 33.3 Å². The predicted octanol–water partition coefficient (Wildman–Crippen LogP) is 4.40. The highest BCUT2D eigenvalue weighted by molar-refractivity contribution is 7.89. The van der Waals surface area contributed by atoms with Crippen LogP contribution in [-0.2, 0) is 23.1 Å². The number of rotatable bonds is 11. The minimum absolute atomic E-state index is 0.324. The molecule has 0 radical (unpaired) electrons. The molecule has 34 heavy (non-hydrogen) atoms. The maximum absolute atomic E-state index is 12.9. The van der Waals surface area contributed by atoms with E-state index < -0.39 is 10.0 Å². The first kappa shape index (κ1) is 24.9. The summed E-state index contributed by atoms with van der Waals surface area (Å²) in [6, 6.07) is 13.7. The summed E-state index contributed by atoms with van der Waals surface area (Å²) in [5.74, 6) is 0.764. The number of hydrogen-bond donors (Lipinski definition) is 2. The van der Waals surface area contributed by atoms with E-state index in [2.05, 4.69) is 43.9 Å². The Morgan fingerprint density at radius 2 is 1.82 bits per heavy atom.